The zero-order valence-corrected chi connectivity index (χ0v) is 11.6. The molecule has 1 saturated heterocycles. The number of carbonyl (C=O) groups is 1. The summed E-state index contributed by atoms with van der Waals surface area (Å²) >= 11 is 0. The molecule has 0 bridgehead atoms. The maximum atomic E-state index is 12.3. The average Bonchev–Trinajstić information content (AvgIpc) is 2.98. The Morgan fingerprint density at radius 1 is 1.68 bits per heavy atom. The molecule has 0 aromatic carbocycles. The number of nitrogens with two attached hydrogens (primary N) is 1. The van der Waals surface area contributed by atoms with Gasteiger partial charge in [0, 0.05) is 30.9 Å². The number of unbranched alkanes of at least 4 members (excludes halogenated alkanes) is 1. The molecule has 2 rings (SSSR count). The third-order valence-electron chi connectivity index (χ3n) is 3.88. The topological polar surface area (TPSA) is 75.0 Å². The van der Waals surface area contributed by atoms with E-state index in [0.717, 1.165) is 50.9 Å². The third kappa shape index (κ3) is 3.56. The maximum Gasteiger partial charge on any atom is 0.239 e. The number of nitrogens with zero attached hydrogens (tertiary/aromatic N) is 2. The number of hydrogen-bond donors (Lipinski definition) is 2. The Hall–Kier alpha value is -1.36. The van der Waals surface area contributed by atoms with E-state index >= 15 is 0 Å². The molecule has 2 heterocycles. The number of aromatic amines is 1. The molecule has 1 aliphatic heterocycles. The lowest BCUT2D eigenvalue weighted by Crippen LogP contribution is -2.47. The Labute approximate surface area is 114 Å². The van der Waals surface area contributed by atoms with Gasteiger partial charge in [-0.05, 0) is 25.3 Å². The fourth-order valence-electron chi connectivity index (χ4n) is 2.71. The smallest absolute Gasteiger partial charge is 0.239 e. The summed E-state index contributed by atoms with van der Waals surface area (Å²) in [5.41, 5.74) is 7.11. The first-order chi connectivity index (χ1) is 9.22. The summed E-state index contributed by atoms with van der Waals surface area (Å²) in [4.78, 5) is 14.2. The Morgan fingerprint density at radius 2 is 2.53 bits per heavy atom. The lowest BCUT2D eigenvalue weighted by atomic mass is 9.94. The van der Waals surface area contributed by atoms with Crippen LogP contribution in [0.4, 0.5) is 0 Å². The van der Waals surface area contributed by atoms with E-state index in [0.29, 0.717) is 5.92 Å². The van der Waals surface area contributed by atoms with Crippen LogP contribution in [0.2, 0.25) is 0 Å². The number of aromatic nitrogens is 2. The molecule has 1 fully saturated rings. The van der Waals surface area contributed by atoms with Gasteiger partial charge in [0.15, 0.2) is 0 Å². The largest absolute Gasteiger partial charge is 0.341 e. The third-order valence-corrected chi connectivity index (χ3v) is 3.88. The van der Waals surface area contributed by atoms with Gasteiger partial charge in [-0.25, -0.2) is 0 Å². The second kappa shape index (κ2) is 6.70. The molecule has 0 radical (unpaired) electrons. The number of rotatable bonds is 5. The lowest BCUT2D eigenvalue weighted by Gasteiger charge is -2.33. The van der Waals surface area contributed by atoms with E-state index in [9.17, 15) is 4.79 Å². The van der Waals surface area contributed by atoms with E-state index in [2.05, 4.69) is 17.1 Å². The van der Waals surface area contributed by atoms with Gasteiger partial charge >= 0.3 is 0 Å². The van der Waals surface area contributed by atoms with Gasteiger partial charge in [0.05, 0.1) is 6.04 Å². The highest BCUT2D eigenvalue weighted by Gasteiger charge is 2.28. The van der Waals surface area contributed by atoms with Crippen LogP contribution in [0, 0.1) is 0 Å². The predicted molar refractivity (Wildman–Crippen MR) is 74.6 cm³/mol. The minimum absolute atomic E-state index is 0.109. The molecule has 106 valence electrons. The molecule has 1 aliphatic rings. The molecule has 2 unspecified atom stereocenters. The first-order valence-electron chi connectivity index (χ1n) is 7.26. The number of nitrogens with one attached hydrogen (secondary N) is 1. The number of carbonyl (C=O) groups excluding carboxylic acids is 1. The summed E-state index contributed by atoms with van der Waals surface area (Å²) in [6.07, 6.45) is 6.80. The first kappa shape index (κ1) is 14.1. The van der Waals surface area contributed by atoms with Crippen molar-refractivity contribution in [2.45, 2.75) is 51.0 Å². The van der Waals surface area contributed by atoms with E-state index in [4.69, 9.17) is 5.73 Å². The van der Waals surface area contributed by atoms with Crippen molar-refractivity contribution in [3.63, 3.8) is 0 Å². The van der Waals surface area contributed by atoms with Crippen molar-refractivity contribution >= 4 is 5.91 Å². The van der Waals surface area contributed by atoms with E-state index in [1.807, 2.05) is 11.0 Å². The van der Waals surface area contributed by atoms with Crippen LogP contribution in [0.3, 0.4) is 0 Å². The Bertz CT molecular complexity index is 390. The van der Waals surface area contributed by atoms with Crippen LogP contribution in [0.25, 0.3) is 0 Å². The van der Waals surface area contributed by atoms with Crippen molar-refractivity contribution in [3.8, 4) is 0 Å². The number of amides is 1. The number of H-pyrrole nitrogens is 1. The Morgan fingerprint density at radius 3 is 3.21 bits per heavy atom. The molecule has 0 aliphatic carbocycles. The van der Waals surface area contributed by atoms with E-state index < -0.39 is 0 Å². The monoisotopic (exact) mass is 264 g/mol. The van der Waals surface area contributed by atoms with Gasteiger partial charge in [0.25, 0.3) is 0 Å². The highest BCUT2D eigenvalue weighted by molar-refractivity contribution is 5.81. The predicted octanol–water partition coefficient (Wildman–Crippen LogP) is 1.63. The summed E-state index contributed by atoms with van der Waals surface area (Å²) in [5, 5.41) is 7.00. The van der Waals surface area contributed by atoms with Crippen LogP contribution in [0.1, 0.15) is 50.6 Å². The van der Waals surface area contributed by atoms with Crippen molar-refractivity contribution in [2.24, 2.45) is 5.73 Å². The van der Waals surface area contributed by atoms with Crippen molar-refractivity contribution in [1.29, 1.82) is 0 Å². The van der Waals surface area contributed by atoms with Crippen LogP contribution in [-0.4, -0.2) is 40.1 Å². The highest BCUT2D eigenvalue weighted by Crippen LogP contribution is 2.25. The molecule has 2 atom stereocenters. The number of likely N-dealkylation sites (tertiary alicyclic amines) is 1. The molecular weight excluding hydrogens is 240 g/mol. The van der Waals surface area contributed by atoms with Crippen LogP contribution >= 0.6 is 0 Å². The first-order valence-corrected chi connectivity index (χ1v) is 7.26. The summed E-state index contributed by atoms with van der Waals surface area (Å²) < 4.78 is 0. The summed E-state index contributed by atoms with van der Waals surface area (Å²) in [6, 6.07) is 1.66. The second-order valence-electron chi connectivity index (χ2n) is 5.38. The molecule has 5 heteroatoms. The van der Waals surface area contributed by atoms with Gasteiger partial charge in [0.2, 0.25) is 5.91 Å². The van der Waals surface area contributed by atoms with Gasteiger partial charge in [-0.2, -0.15) is 5.10 Å². The van der Waals surface area contributed by atoms with Crippen LogP contribution in [0.15, 0.2) is 12.3 Å². The van der Waals surface area contributed by atoms with Crippen molar-refractivity contribution < 1.29 is 4.79 Å². The van der Waals surface area contributed by atoms with E-state index in [1.54, 1.807) is 6.20 Å². The Balaban J connectivity index is 1.91. The van der Waals surface area contributed by atoms with Crippen molar-refractivity contribution in [3.05, 3.63) is 18.0 Å². The zero-order chi connectivity index (χ0) is 13.7. The van der Waals surface area contributed by atoms with Crippen LogP contribution < -0.4 is 5.73 Å². The van der Waals surface area contributed by atoms with Crippen LogP contribution in [0.5, 0.6) is 0 Å². The molecule has 0 saturated carbocycles. The molecule has 0 spiro atoms. The maximum absolute atomic E-state index is 12.3. The molecule has 5 nitrogen and oxygen atoms in total. The van der Waals surface area contributed by atoms with Gasteiger partial charge in [-0.15, -0.1) is 0 Å². The standard InChI is InChI=1S/C14H24N4O/c1-2-3-6-12(15)14(19)18-9-4-5-11(10-18)13-7-8-16-17-13/h7-8,11-12H,2-6,9-10,15H2,1H3,(H,16,17). The second-order valence-corrected chi connectivity index (χ2v) is 5.38. The highest BCUT2D eigenvalue weighted by atomic mass is 16.2. The average molecular weight is 264 g/mol. The molecule has 3 N–H and O–H groups in total. The summed E-state index contributed by atoms with van der Waals surface area (Å²) in [7, 11) is 0. The molecule has 19 heavy (non-hydrogen) atoms. The summed E-state index contributed by atoms with van der Waals surface area (Å²) in [5.74, 6) is 0.483. The minimum atomic E-state index is -0.333. The molecule has 1 aromatic heterocycles. The van der Waals surface area contributed by atoms with E-state index in [1.165, 1.54) is 0 Å². The van der Waals surface area contributed by atoms with Gasteiger partial charge in [-0.1, -0.05) is 19.8 Å². The fraction of sp³-hybridized carbons (Fsp3) is 0.714. The quantitative estimate of drug-likeness (QED) is 0.849. The van der Waals surface area contributed by atoms with Crippen molar-refractivity contribution in [2.75, 3.05) is 13.1 Å². The number of hydrogen-bond acceptors (Lipinski definition) is 3. The minimum Gasteiger partial charge on any atom is -0.341 e. The number of piperidine rings is 1. The molecule has 1 aromatic rings. The zero-order valence-electron chi connectivity index (χ0n) is 11.6. The van der Waals surface area contributed by atoms with Crippen molar-refractivity contribution in [1.82, 2.24) is 15.1 Å². The summed E-state index contributed by atoms with van der Waals surface area (Å²) in [6.45, 7) is 3.72. The fourth-order valence-corrected chi connectivity index (χ4v) is 2.71. The molecule has 1 amide bonds. The van der Waals surface area contributed by atoms with Gasteiger partial charge in [0.1, 0.15) is 0 Å². The SMILES string of the molecule is CCCCC(N)C(=O)N1CCCC(c2ccn[nH]2)C1. The van der Waals surface area contributed by atoms with E-state index in [-0.39, 0.29) is 11.9 Å². The van der Waals surface area contributed by atoms with Gasteiger partial charge in [-0.3, -0.25) is 9.89 Å². The van der Waals surface area contributed by atoms with Crippen LogP contribution in [-0.2, 0) is 4.79 Å². The Kier molecular flexibility index (Phi) is 4.96. The lowest BCUT2D eigenvalue weighted by molar-refractivity contribution is -0.134. The van der Waals surface area contributed by atoms with Gasteiger partial charge < -0.3 is 10.6 Å². The molecular formula is C14H24N4O. The normalized spacial score (nSPS) is 21.4.